The van der Waals surface area contributed by atoms with E-state index in [-0.39, 0.29) is 29.8 Å². The second kappa shape index (κ2) is 11.0. The number of ether oxygens (including phenoxy) is 2. The molecule has 4 unspecified atom stereocenters. The number of amides is 2. The summed E-state index contributed by atoms with van der Waals surface area (Å²) in [5.41, 5.74) is 0. The normalized spacial score (nSPS) is 28.1. The average molecular weight is 421 g/mol. The van der Waals surface area contributed by atoms with Gasteiger partial charge in [-0.25, -0.2) is 4.79 Å². The zero-order valence-electron chi connectivity index (χ0n) is 18.3. The zero-order chi connectivity index (χ0) is 21.5. The lowest BCUT2D eigenvalue weighted by Gasteiger charge is -2.41. The van der Waals surface area contributed by atoms with Gasteiger partial charge in [0.05, 0.1) is 19.3 Å². The second-order valence-electron chi connectivity index (χ2n) is 9.14. The molecule has 0 radical (unpaired) electrons. The maximum Gasteiger partial charge on any atom is 0.410 e. The van der Waals surface area contributed by atoms with E-state index in [4.69, 9.17) is 9.47 Å². The van der Waals surface area contributed by atoms with Crippen molar-refractivity contribution in [1.29, 1.82) is 5.26 Å². The van der Waals surface area contributed by atoms with Gasteiger partial charge >= 0.3 is 6.09 Å². The standard InChI is InChI=1S/C22H36N4O4/c1-16(2)12-20(30-22(28)25-8-10-29-11-9-25)21(27)26(19-6-7-24-15-19)18-5-3-4-17(13-18)14-23/h16-20,24H,3-13,15H2,1-2H3. The van der Waals surface area contributed by atoms with E-state index in [1.54, 1.807) is 4.90 Å². The van der Waals surface area contributed by atoms with Crippen molar-refractivity contribution in [2.24, 2.45) is 11.8 Å². The third kappa shape index (κ3) is 5.86. The number of carbonyl (C=O) groups is 2. The first-order chi connectivity index (χ1) is 14.5. The predicted molar refractivity (Wildman–Crippen MR) is 112 cm³/mol. The number of rotatable bonds is 6. The molecule has 0 bridgehead atoms. The Balaban J connectivity index is 1.76. The highest BCUT2D eigenvalue weighted by Gasteiger charge is 2.40. The van der Waals surface area contributed by atoms with Crippen LogP contribution in [0.3, 0.4) is 0 Å². The van der Waals surface area contributed by atoms with Crippen LogP contribution in [0.5, 0.6) is 0 Å². The monoisotopic (exact) mass is 420 g/mol. The molecule has 2 heterocycles. The molecule has 8 heteroatoms. The highest BCUT2D eigenvalue weighted by molar-refractivity contribution is 5.84. The number of hydrogen-bond donors (Lipinski definition) is 1. The molecule has 3 fully saturated rings. The van der Waals surface area contributed by atoms with Gasteiger partial charge in [0, 0.05) is 37.6 Å². The Kier molecular flexibility index (Phi) is 8.34. The molecule has 3 rings (SSSR count). The number of carbonyl (C=O) groups excluding carboxylic acids is 2. The smallest absolute Gasteiger partial charge is 0.410 e. The van der Waals surface area contributed by atoms with Crippen molar-refractivity contribution >= 4 is 12.0 Å². The van der Waals surface area contributed by atoms with Gasteiger partial charge < -0.3 is 24.6 Å². The van der Waals surface area contributed by atoms with Gasteiger partial charge in [-0.3, -0.25) is 4.79 Å². The summed E-state index contributed by atoms with van der Waals surface area (Å²) in [7, 11) is 0. The van der Waals surface area contributed by atoms with E-state index in [9.17, 15) is 14.9 Å². The fourth-order valence-corrected chi connectivity index (χ4v) is 4.80. The summed E-state index contributed by atoms with van der Waals surface area (Å²) in [6.45, 7) is 7.68. The fourth-order valence-electron chi connectivity index (χ4n) is 4.80. The maximum atomic E-state index is 13.8. The van der Waals surface area contributed by atoms with E-state index in [0.717, 1.165) is 38.8 Å². The van der Waals surface area contributed by atoms with Gasteiger partial charge in [-0.05, 0) is 44.6 Å². The molecule has 2 aliphatic heterocycles. The molecule has 1 aliphatic carbocycles. The summed E-state index contributed by atoms with van der Waals surface area (Å²) in [4.78, 5) is 30.1. The SMILES string of the molecule is CC(C)CC(OC(=O)N1CCOCC1)C(=O)N(C1CCNC1)C1CCCC(C#N)C1. The number of nitrogens with zero attached hydrogens (tertiary/aromatic N) is 3. The summed E-state index contributed by atoms with van der Waals surface area (Å²) >= 11 is 0. The topological polar surface area (TPSA) is 94.9 Å². The van der Waals surface area contributed by atoms with Crippen molar-refractivity contribution in [2.75, 3.05) is 39.4 Å². The van der Waals surface area contributed by atoms with E-state index >= 15 is 0 Å². The van der Waals surface area contributed by atoms with Crippen molar-refractivity contribution in [3.8, 4) is 6.07 Å². The molecule has 2 amide bonds. The molecular weight excluding hydrogens is 384 g/mol. The molecule has 2 saturated heterocycles. The summed E-state index contributed by atoms with van der Waals surface area (Å²) in [6.07, 6.45) is 3.65. The van der Waals surface area contributed by atoms with Crippen LogP contribution in [0.1, 0.15) is 52.4 Å². The molecule has 0 spiro atoms. The van der Waals surface area contributed by atoms with Crippen LogP contribution < -0.4 is 5.32 Å². The van der Waals surface area contributed by atoms with Crippen LogP contribution in [0, 0.1) is 23.2 Å². The van der Waals surface area contributed by atoms with Crippen LogP contribution in [-0.4, -0.2) is 79.4 Å². The third-order valence-electron chi connectivity index (χ3n) is 6.38. The number of hydrogen-bond acceptors (Lipinski definition) is 6. The molecule has 0 aromatic carbocycles. The maximum absolute atomic E-state index is 13.8. The van der Waals surface area contributed by atoms with E-state index < -0.39 is 12.2 Å². The van der Waals surface area contributed by atoms with Gasteiger partial charge in [-0.15, -0.1) is 0 Å². The second-order valence-corrected chi connectivity index (χ2v) is 9.14. The lowest BCUT2D eigenvalue weighted by Crippen LogP contribution is -2.55. The predicted octanol–water partition coefficient (Wildman–Crippen LogP) is 2.14. The molecule has 0 aromatic heterocycles. The summed E-state index contributed by atoms with van der Waals surface area (Å²) < 4.78 is 11.1. The quantitative estimate of drug-likeness (QED) is 0.707. The lowest BCUT2D eigenvalue weighted by atomic mass is 9.84. The van der Waals surface area contributed by atoms with Crippen LogP contribution in [0.4, 0.5) is 4.79 Å². The average Bonchev–Trinajstić information content (AvgIpc) is 3.28. The molecule has 30 heavy (non-hydrogen) atoms. The summed E-state index contributed by atoms with van der Waals surface area (Å²) in [5.74, 6) is 0.119. The van der Waals surface area contributed by atoms with Crippen LogP contribution in [0.15, 0.2) is 0 Å². The molecule has 4 atom stereocenters. The minimum Gasteiger partial charge on any atom is -0.436 e. The lowest BCUT2D eigenvalue weighted by molar-refractivity contribution is -0.148. The first-order valence-electron chi connectivity index (χ1n) is 11.5. The third-order valence-corrected chi connectivity index (χ3v) is 6.38. The molecule has 0 aromatic rings. The van der Waals surface area contributed by atoms with Crippen LogP contribution in [-0.2, 0) is 14.3 Å². The van der Waals surface area contributed by atoms with Crippen molar-refractivity contribution < 1.29 is 19.1 Å². The largest absolute Gasteiger partial charge is 0.436 e. The molecule has 3 aliphatic rings. The first-order valence-corrected chi connectivity index (χ1v) is 11.5. The Labute approximate surface area is 179 Å². The Morgan fingerprint density at radius 3 is 2.63 bits per heavy atom. The van der Waals surface area contributed by atoms with Gasteiger partial charge in [0.1, 0.15) is 0 Å². The van der Waals surface area contributed by atoms with Crippen LogP contribution >= 0.6 is 0 Å². The highest BCUT2D eigenvalue weighted by atomic mass is 16.6. The van der Waals surface area contributed by atoms with Crippen molar-refractivity contribution in [3.63, 3.8) is 0 Å². The van der Waals surface area contributed by atoms with Crippen molar-refractivity contribution in [1.82, 2.24) is 15.1 Å². The molecular formula is C22H36N4O4. The first kappa shape index (κ1) is 22.8. The van der Waals surface area contributed by atoms with E-state index in [1.165, 1.54) is 0 Å². The van der Waals surface area contributed by atoms with Gasteiger partial charge in [-0.2, -0.15) is 5.26 Å². The molecule has 1 N–H and O–H groups in total. The zero-order valence-corrected chi connectivity index (χ0v) is 18.3. The highest BCUT2D eigenvalue weighted by Crippen LogP contribution is 2.31. The molecule has 168 valence electrons. The van der Waals surface area contributed by atoms with Crippen LogP contribution in [0.25, 0.3) is 0 Å². The Hall–Kier alpha value is -1.85. The van der Waals surface area contributed by atoms with Crippen molar-refractivity contribution in [3.05, 3.63) is 0 Å². The minimum atomic E-state index is -0.789. The van der Waals surface area contributed by atoms with Gasteiger partial charge in [0.2, 0.25) is 0 Å². The van der Waals surface area contributed by atoms with E-state index in [1.807, 2.05) is 18.7 Å². The Morgan fingerprint density at radius 1 is 1.23 bits per heavy atom. The Bertz CT molecular complexity index is 623. The van der Waals surface area contributed by atoms with Crippen molar-refractivity contribution in [2.45, 2.75) is 70.6 Å². The number of nitriles is 1. The summed E-state index contributed by atoms with van der Waals surface area (Å²) in [5, 5.41) is 12.8. The van der Waals surface area contributed by atoms with E-state index in [2.05, 4.69) is 11.4 Å². The fraction of sp³-hybridized carbons (Fsp3) is 0.864. The van der Waals surface area contributed by atoms with Gasteiger partial charge in [0.15, 0.2) is 6.10 Å². The Morgan fingerprint density at radius 2 is 2.00 bits per heavy atom. The van der Waals surface area contributed by atoms with Gasteiger partial charge in [0.25, 0.3) is 5.91 Å². The van der Waals surface area contributed by atoms with Gasteiger partial charge in [-0.1, -0.05) is 20.3 Å². The molecule has 1 saturated carbocycles. The number of nitrogens with one attached hydrogen (secondary N) is 1. The number of morpholine rings is 1. The van der Waals surface area contributed by atoms with Crippen LogP contribution in [0.2, 0.25) is 0 Å². The molecule has 8 nitrogen and oxygen atoms in total. The minimum absolute atomic E-state index is 0.00661. The summed E-state index contributed by atoms with van der Waals surface area (Å²) in [6, 6.07) is 2.53. The van der Waals surface area contributed by atoms with E-state index in [0.29, 0.717) is 39.1 Å².